The molecule has 1 aromatic carbocycles. The smallest absolute Gasteiger partial charge is 0.306 e. The molecule has 0 spiro atoms. The topological polar surface area (TPSA) is 57.5 Å². The molecular weight excluding hydrogens is 223 g/mol. The van der Waals surface area contributed by atoms with Crippen molar-refractivity contribution in [1.82, 2.24) is 0 Å². The highest BCUT2D eigenvalue weighted by atomic mass is 19.1. The van der Waals surface area contributed by atoms with E-state index in [4.69, 9.17) is 5.11 Å². The predicted molar refractivity (Wildman–Crippen MR) is 62.1 cm³/mol. The summed E-state index contributed by atoms with van der Waals surface area (Å²) < 4.78 is 13.0. The summed E-state index contributed by atoms with van der Waals surface area (Å²) in [5.41, 5.74) is 0.640. The van der Waals surface area contributed by atoms with Crippen LogP contribution < -0.4 is 0 Å². The molecule has 4 heteroatoms. The van der Waals surface area contributed by atoms with E-state index in [-0.39, 0.29) is 18.7 Å². The minimum atomic E-state index is -0.957. The van der Waals surface area contributed by atoms with Crippen LogP contribution in [0.25, 0.3) is 0 Å². The molecule has 2 atom stereocenters. The van der Waals surface area contributed by atoms with Crippen molar-refractivity contribution in [2.24, 2.45) is 5.92 Å². The van der Waals surface area contributed by atoms with Crippen molar-refractivity contribution in [3.05, 3.63) is 35.6 Å². The van der Waals surface area contributed by atoms with Crippen LogP contribution in [-0.2, 0) is 11.2 Å². The average Bonchev–Trinajstić information content (AvgIpc) is 2.27. The minimum Gasteiger partial charge on any atom is -0.481 e. The van der Waals surface area contributed by atoms with Crippen molar-refractivity contribution >= 4 is 5.97 Å². The first-order valence-electron chi connectivity index (χ1n) is 5.68. The molecule has 0 aromatic heterocycles. The predicted octanol–water partition coefficient (Wildman–Crippen LogP) is 2.23. The van der Waals surface area contributed by atoms with Gasteiger partial charge in [0, 0.05) is 0 Å². The number of hydrogen-bond acceptors (Lipinski definition) is 2. The van der Waals surface area contributed by atoms with Crippen LogP contribution >= 0.6 is 0 Å². The van der Waals surface area contributed by atoms with E-state index in [1.54, 1.807) is 19.1 Å². The molecule has 2 N–H and O–H groups in total. The Bertz CT molecular complexity index is 379. The van der Waals surface area contributed by atoms with Crippen LogP contribution in [0.15, 0.2) is 24.3 Å². The second-order valence-corrected chi connectivity index (χ2v) is 4.17. The molecule has 0 fully saturated rings. The zero-order valence-electron chi connectivity index (χ0n) is 9.77. The van der Waals surface area contributed by atoms with Gasteiger partial charge < -0.3 is 10.2 Å². The van der Waals surface area contributed by atoms with E-state index in [1.807, 2.05) is 0 Å². The number of carboxylic acids is 1. The maximum atomic E-state index is 13.0. The largest absolute Gasteiger partial charge is 0.481 e. The lowest BCUT2D eigenvalue weighted by Crippen LogP contribution is -2.22. The lowest BCUT2D eigenvalue weighted by atomic mass is 9.93. The fraction of sp³-hybridized carbons (Fsp3) is 0.462. The number of halogens is 1. The zero-order valence-corrected chi connectivity index (χ0v) is 9.77. The Labute approximate surface area is 99.9 Å². The molecule has 0 saturated carbocycles. The van der Waals surface area contributed by atoms with E-state index >= 15 is 0 Å². The third-order valence-electron chi connectivity index (χ3n) is 2.75. The molecule has 0 aliphatic rings. The first kappa shape index (κ1) is 13.6. The molecule has 0 radical (unpaired) electrons. The van der Waals surface area contributed by atoms with E-state index in [0.29, 0.717) is 12.0 Å². The zero-order chi connectivity index (χ0) is 12.8. The van der Waals surface area contributed by atoms with Gasteiger partial charge >= 0.3 is 5.97 Å². The Balaban J connectivity index is 2.70. The highest BCUT2D eigenvalue weighted by Crippen LogP contribution is 2.17. The molecule has 1 aromatic rings. The summed E-state index contributed by atoms with van der Waals surface area (Å²) in [6.45, 7) is 1.80. The highest BCUT2D eigenvalue weighted by molar-refractivity contribution is 5.70. The monoisotopic (exact) mass is 240 g/mol. The van der Waals surface area contributed by atoms with Crippen molar-refractivity contribution in [2.45, 2.75) is 32.3 Å². The summed E-state index contributed by atoms with van der Waals surface area (Å²) in [6.07, 6.45) is 0.337. The van der Waals surface area contributed by atoms with Gasteiger partial charge in [-0.15, -0.1) is 0 Å². The molecule has 1 rings (SSSR count). The number of carbonyl (C=O) groups is 1. The molecule has 3 nitrogen and oxygen atoms in total. The summed E-state index contributed by atoms with van der Waals surface area (Å²) in [5.74, 6) is -2.00. The van der Waals surface area contributed by atoms with Crippen LogP contribution in [0.1, 0.15) is 25.3 Å². The SMILES string of the molecule is CCC(O)CC(Cc1cccc(F)c1)C(=O)O. The molecule has 0 heterocycles. The Hall–Kier alpha value is -1.42. The van der Waals surface area contributed by atoms with Crippen LogP contribution in [0.3, 0.4) is 0 Å². The number of aliphatic hydroxyl groups is 1. The van der Waals surface area contributed by atoms with E-state index in [2.05, 4.69) is 0 Å². The van der Waals surface area contributed by atoms with Crippen LogP contribution in [0.5, 0.6) is 0 Å². The highest BCUT2D eigenvalue weighted by Gasteiger charge is 2.21. The first-order valence-corrected chi connectivity index (χ1v) is 5.68. The van der Waals surface area contributed by atoms with E-state index < -0.39 is 18.0 Å². The van der Waals surface area contributed by atoms with Crippen molar-refractivity contribution in [2.75, 3.05) is 0 Å². The van der Waals surface area contributed by atoms with E-state index in [9.17, 15) is 14.3 Å². The molecular formula is C13H17FO3. The number of aliphatic carboxylic acids is 1. The number of benzene rings is 1. The Morgan fingerprint density at radius 2 is 2.18 bits per heavy atom. The van der Waals surface area contributed by atoms with Crippen LogP contribution in [-0.4, -0.2) is 22.3 Å². The standard InChI is InChI=1S/C13H17FO3/c1-2-12(15)8-10(13(16)17)6-9-4-3-5-11(14)7-9/h3-5,7,10,12,15H,2,6,8H2,1H3,(H,16,17). The maximum absolute atomic E-state index is 13.0. The molecule has 94 valence electrons. The summed E-state index contributed by atoms with van der Waals surface area (Å²) >= 11 is 0. The third kappa shape index (κ3) is 4.53. The Kier molecular flexibility index (Phi) is 5.10. The van der Waals surface area contributed by atoms with E-state index in [0.717, 1.165) is 0 Å². The van der Waals surface area contributed by atoms with Gasteiger partial charge in [-0.1, -0.05) is 19.1 Å². The van der Waals surface area contributed by atoms with Gasteiger partial charge in [-0.05, 0) is 37.0 Å². The molecule has 0 aliphatic heterocycles. The van der Waals surface area contributed by atoms with Gasteiger partial charge in [0.05, 0.1) is 12.0 Å². The summed E-state index contributed by atoms with van der Waals surface area (Å²) in [5, 5.41) is 18.5. The van der Waals surface area contributed by atoms with Crippen molar-refractivity contribution in [1.29, 1.82) is 0 Å². The van der Waals surface area contributed by atoms with Crippen LogP contribution in [0.4, 0.5) is 4.39 Å². The van der Waals surface area contributed by atoms with Gasteiger partial charge in [0.2, 0.25) is 0 Å². The quantitative estimate of drug-likeness (QED) is 0.801. The Morgan fingerprint density at radius 3 is 2.71 bits per heavy atom. The van der Waals surface area contributed by atoms with Gasteiger partial charge in [-0.2, -0.15) is 0 Å². The van der Waals surface area contributed by atoms with Gasteiger partial charge in [0.25, 0.3) is 0 Å². The number of hydrogen-bond donors (Lipinski definition) is 2. The lowest BCUT2D eigenvalue weighted by Gasteiger charge is -2.15. The molecule has 0 bridgehead atoms. The normalized spacial score (nSPS) is 14.3. The number of rotatable bonds is 6. The van der Waals surface area contributed by atoms with Crippen LogP contribution in [0, 0.1) is 11.7 Å². The minimum absolute atomic E-state index is 0.197. The van der Waals surface area contributed by atoms with Crippen molar-refractivity contribution < 1.29 is 19.4 Å². The first-order chi connectivity index (χ1) is 8.02. The van der Waals surface area contributed by atoms with Crippen molar-refractivity contribution in [3.63, 3.8) is 0 Å². The summed E-state index contributed by atoms with van der Waals surface area (Å²) in [7, 11) is 0. The van der Waals surface area contributed by atoms with Gasteiger partial charge in [-0.25, -0.2) is 4.39 Å². The fourth-order valence-corrected chi connectivity index (χ4v) is 1.72. The average molecular weight is 240 g/mol. The van der Waals surface area contributed by atoms with Gasteiger partial charge in [0.1, 0.15) is 5.82 Å². The lowest BCUT2D eigenvalue weighted by molar-refractivity contribution is -0.142. The van der Waals surface area contributed by atoms with Crippen molar-refractivity contribution in [3.8, 4) is 0 Å². The maximum Gasteiger partial charge on any atom is 0.306 e. The molecule has 0 aliphatic carbocycles. The summed E-state index contributed by atoms with van der Waals surface area (Å²) in [6, 6.07) is 5.89. The molecule has 0 amide bonds. The molecule has 2 unspecified atom stereocenters. The molecule has 0 saturated heterocycles. The van der Waals surface area contributed by atoms with Gasteiger partial charge in [-0.3, -0.25) is 4.79 Å². The van der Waals surface area contributed by atoms with Crippen LogP contribution in [0.2, 0.25) is 0 Å². The fourth-order valence-electron chi connectivity index (χ4n) is 1.72. The second-order valence-electron chi connectivity index (χ2n) is 4.17. The molecule has 17 heavy (non-hydrogen) atoms. The van der Waals surface area contributed by atoms with E-state index in [1.165, 1.54) is 12.1 Å². The third-order valence-corrected chi connectivity index (χ3v) is 2.75. The summed E-state index contributed by atoms with van der Waals surface area (Å²) in [4.78, 5) is 11.0. The second kappa shape index (κ2) is 6.35. The Morgan fingerprint density at radius 1 is 1.47 bits per heavy atom. The number of aliphatic hydroxyl groups excluding tert-OH is 1. The van der Waals surface area contributed by atoms with Gasteiger partial charge in [0.15, 0.2) is 0 Å². The number of carboxylic acid groups (broad SMARTS) is 1.